The standard InChI is InChI=1S/C17H14F3NO/c18-13-5-3-11(4-6-13)16-2-1-7-21(16)17(22)12-8-14(19)10-15(20)9-12/h3-6,8-10,16H,1-2,7H2. The fourth-order valence-electron chi connectivity index (χ4n) is 2.88. The van der Waals surface area contributed by atoms with Crippen LogP contribution in [-0.2, 0) is 0 Å². The highest BCUT2D eigenvalue weighted by Gasteiger charge is 2.30. The summed E-state index contributed by atoms with van der Waals surface area (Å²) in [6.45, 7) is 0.513. The lowest BCUT2D eigenvalue weighted by Crippen LogP contribution is -2.30. The predicted octanol–water partition coefficient (Wildman–Crippen LogP) is 4.08. The second kappa shape index (κ2) is 5.83. The van der Waals surface area contributed by atoms with Crippen LogP contribution in [0.1, 0.15) is 34.8 Å². The van der Waals surface area contributed by atoms with Gasteiger partial charge in [0.1, 0.15) is 17.5 Å². The van der Waals surface area contributed by atoms with E-state index in [0.717, 1.165) is 36.6 Å². The van der Waals surface area contributed by atoms with Crippen molar-refractivity contribution in [1.82, 2.24) is 4.90 Å². The van der Waals surface area contributed by atoms with Crippen LogP contribution in [0.5, 0.6) is 0 Å². The van der Waals surface area contributed by atoms with E-state index < -0.39 is 17.5 Å². The van der Waals surface area contributed by atoms with Gasteiger partial charge < -0.3 is 4.90 Å². The molecule has 1 atom stereocenters. The van der Waals surface area contributed by atoms with Crippen LogP contribution in [0.2, 0.25) is 0 Å². The maximum Gasteiger partial charge on any atom is 0.254 e. The molecular formula is C17H14F3NO. The number of rotatable bonds is 2. The molecule has 2 nitrogen and oxygen atoms in total. The fourth-order valence-corrected chi connectivity index (χ4v) is 2.88. The molecular weight excluding hydrogens is 291 g/mol. The fraction of sp³-hybridized carbons (Fsp3) is 0.235. The summed E-state index contributed by atoms with van der Waals surface area (Å²) < 4.78 is 39.6. The van der Waals surface area contributed by atoms with E-state index in [1.807, 2.05) is 0 Å². The Morgan fingerprint density at radius 1 is 0.955 bits per heavy atom. The smallest absolute Gasteiger partial charge is 0.254 e. The van der Waals surface area contributed by atoms with Gasteiger partial charge in [-0.1, -0.05) is 12.1 Å². The molecule has 114 valence electrons. The number of halogens is 3. The lowest BCUT2D eigenvalue weighted by molar-refractivity contribution is 0.0734. The number of amides is 1. The van der Waals surface area contributed by atoms with Crippen LogP contribution >= 0.6 is 0 Å². The second-order valence-corrected chi connectivity index (χ2v) is 5.37. The first kappa shape index (κ1) is 14.6. The van der Waals surface area contributed by atoms with Crippen molar-refractivity contribution < 1.29 is 18.0 Å². The molecule has 1 heterocycles. The number of hydrogen-bond donors (Lipinski definition) is 0. The quantitative estimate of drug-likeness (QED) is 0.818. The molecule has 1 aliphatic heterocycles. The molecule has 0 aromatic heterocycles. The Labute approximate surface area is 126 Å². The normalized spacial score (nSPS) is 17.8. The molecule has 0 aliphatic carbocycles. The van der Waals surface area contributed by atoms with Crippen molar-refractivity contribution >= 4 is 5.91 Å². The number of carbonyl (C=O) groups excluding carboxylic acids is 1. The van der Waals surface area contributed by atoms with Crippen molar-refractivity contribution in [3.63, 3.8) is 0 Å². The topological polar surface area (TPSA) is 20.3 Å². The molecule has 0 spiro atoms. The lowest BCUT2D eigenvalue weighted by atomic mass is 10.0. The minimum absolute atomic E-state index is 0.00786. The van der Waals surface area contributed by atoms with Gasteiger partial charge in [-0.2, -0.15) is 0 Å². The van der Waals surface area contributed by atoms with E-state index in [2.05, 4.69) is 0 Å². The summed E-state index contributed by atoms with van der Waals surface area (Å²) in [5.74, 6) is -2.31. The Kier molecular flexibility index (Phi) is 3.88. The van der Waals surface area contributed by atoms with E-state index in [-0.39, 0.29) is 17.4 Å². The summed E-state index contributed by atoms with van der Waals surface area (Å²) in [6.07, 6.45) is 1.54. The third kappa shape index (κ3) is 2.84. The molecule has 0 N–H and O–H groups in total. The maximum absolute atomic E-state index is 13.3. The van der Waals surface area contributed by atoms with Crippen molar-refractivity contribution in [2.45, 2.75) is 18.9 Å². The van der Waals surface area contributed by atoms with Crippen molar-refractivity contribution in [3.05, 3.63) is 71.0 Å². The average molecular weight is 305 g/mol. The zero-order valence-electron chi connectivity index (χ0n) is 11.7. The SMILES string of the molecule is O=C(c1cc(F)cc(F)c1)N1CCCC1c1ccc(F)cc1. The summed E-state index contributed by atoms with van der Waals surface area (Å²) >= 11 is 0. The molecule has 2 aromatic rings. The van der Waals surface area contributed by atoms with Gasteiger partial charge >= 0.3 is 0 Å². The third-order valence-electron chi connectivity index (χ3n) is 3.88. The Balaban J connectivity index is 1.89. The van der Waals surface area contributed by atoms with Crippen LogP contribution in [0.4, 0.5) is 13.2 Å². The van der Waals surface area contributed by atoms with E-state index in [9.17, 15) is 18.0 Å². The highest BCUT2D eigenvalue weighted by Crippen LogP contribution is 2.33. The van der Waals surface area contributed by atoms with Gasteiger partial charge in [0.25, 0.3) is 5.91 Å². The van der Waals surface area contributed by atoms with Gasteiger partial charge in [-0.15, -0.1) is 0 Å². The summed E-state index contributed by atoms with van der Waals surface area (Å²) in [5.41, 5.74) is 0.815. The highest BCUT2D eigenvalue weighted by atomic mass is 19.1. The Morgan fingerprint density at radius 2 is 1.59 bits per heavy atom. The maximum atomic E-state index is 13.3. The number of benzene rings is 2. The van der Waals surface area contributed by atoms with Crippen LogP contribution in [0.3, 0.4) is 0 Å². The Hall–Kier alpha value is -2.30. The molecule has 1 fully saturated rings. The summed E-state index contributed by atoms with van der Waals surface area (Å²) in [7, 11) is 0. The van der Waals surface area contributed by atoms with Gasteiger partial charge in [0.2, 0.25) is 0 Å². The molecule has 1 unspecified atom stereocenters. The Morgan fingerprint density at radius 3 is 2.23 bits per heavy atom. The number of nitrogens with zero attached hydrogens (tertiary/aromatic N) is 1. The molecule has 1 saturated heterocycles. The minimum Gasteiger partial charge on any atom is -0.332 e. The van der Waals surface area contributed by atoms with Gasteiger partial charge in [0, 0.05) is 18.2 Å². The van der Waals surface area contributed by atoms with Crippen molar-refractivity contribution in [2.75, 3.05) is 6.54 Å². The largest absolute Gasteiger partial charge is 0.332 e. The van der Waals surface area contributed by atoms with Crippen molar-refractivity contribution in [1.29, 1.82) is 0 Å². The average Bonchev–Trinajstić information content (AvgIpc) is 2.95. The van der Waals surface area contributed by atoms with Crippen LogP contribution in [-0.4, -0.2) is 17.4 Å². The number of hydrogen-bond acceptors (Lipinski definition) is 1. The van der Waals surface area contributed by atoms with Gasteiger partial charge in [-0.25, -0.2) is 13.2 Å². The van der Waals surface area contributed by atoms with E-state index in [0.29, 0.717) is 6.54 Å². The highest BCUT2D eigenvalue weighted by molar-refractivity contribution is 5.94. The molecule has 0 bridgehead atoms. The predicted molar refractivity (Wildman–Crippen MR) is 75.8 cm³/mol. The van der Waals surface area contributed by atoms with E-state index in [1.54, 1.807) is 17.0 Å². The van der Waals surface area contributed by atoms with Crippen LogP contribution < -0.4 is 0 Å². The zero-order valence-corrected chi connectivity index (χ0v) is 11.7. The van der Waals surface area contributed by atoms with Gasteiger partial charge in [0.15, 0.2) is 0 Å². The van der Waals surface area contributed by atoms with Gasteiger partial charge in [-0.05, 0) is 42.7 Å². The molecule has 1 aliphatic rings. The van der Waals surface area contributed by atoms with Crippen molar-refractivity contribution in [3.8, 4) is 0 Å². The third-order valence-corrected chi connectivity index (χ3v) is 3.88. The number of likely N-dealkylation sites (tertiary alicyclic amines) is 1. The molecule has 2 aromatic carbocycles. The van der Waals surface area contributed by atoms with Crippen LogP contribution in [0.15, 0.2) is 42.5 Å². The first-order valence-corrected chi connectivity index (χ1v) is 7.07. The first-order chi connectivity index (χ1) is 10.5. The lowest BCUT2D eigenvalue weighted by Gasteiger charge is -2.25. The van der Waals surface area contributed by atoms with E-state index in [1.165, 1.54) is 12.1 Å². The summed E-state index contributed by atoms with van der Waals surface area (Å²) in [6, 6.07) is 8.57. The Bertz CT molecular complexity index is 679. The summed E-state index contributed by atoms with van der Waals surface area (Å²) in [5, 5.41) is 0. The van der Waals surface area contributed by atoms with E-state index in [4.69, 9.17) is 0 Å². The monoisotopic (exact) mass is 305 g/mol. The molecule has 1 amide bonds. The minimum atomic E-state index is -0.777. The second-order valence-electron chi connectivity index (χ2n) is 5.37. The van der Waals surface area contributed by atoms with E-state index >= 15 is 0 Å². The van der Waals surface area contributed by atoms with Gasteiger partial charge in [0.05, 0.1) is 6.04 Å². The molecule has 22 heavy (non-hydrogen) atoms. The van der Waals surface area contributed by atoms with Crippen LogP contribution in [0.25, 0.3) is 0 Å². The van der Waals surface area contributed by atoms with Gasteiger partial charge in [-0.3, -0.25) is 4.79 Å². The molecule has 3 rings (SSSR count). The molecule has 0 saturated carbocycles. The zero-order chi connectivity index (χ0) is 15.7. The first-order valence-electron chi connectivity index (χ1n) is 7.07. The molecule has 5 heteroatoms. The molecule has 0 radical (unpaired) electrons. The summed E-state index contributed by atoms with van der Waals surface area (Å²) in [4.78, 5) is 14.1. The number of carbonyl (C=O) groups is 1. The van der Waals surface area contributed by atoms with Crippen molar-refractivity contribution in [2.24, 2.45) is 0 Å². The van der Waals surface area contributed by atoms with Crippen LogP contribution in [0, 0.1) is 17.5 Å².